The summed E-state index contributed by atoms with van der Waals surface area (Å²) in [6.45, 7) is 0. The summed E-state index contributed by atoms with van der Waals surface area (Å²) in [5.74, 6) is 1.82. The molecule has 2 heterocycles. The number of para-hydroxylation sites is 1. The Morgan fingerprint density at radius 1 is 0.291 bits per heavy atom. The number of benzene rings is 9. The van der Waals surface area contributed by atoms with Crippen molar-refractivity contribution < 1.29 is 4.42 Å². The maximum absolute atomic E-state index is 6.81. The van der Waals surface area contributed by atoms with E-state index in [2.05, 4.69) is 133 Å². The molecule has 0 fully saturated rings. The number of hydrogen-bond donors (Lipinski definition) is 0. The van der Waals surface area contributed by atoms with Crippen LogP contribution in [0.2, 0.25) is 0 Å². The fourth-order valence-electron chi connectivity index (χ4n) is 8.22. The maximum Gasteiger partial charge on any atom is 0.164 e. The van der Waals surface area contributed by atoms with E-state index < -0.39 is 0 Å². The minimum absolute atomic E-state index is 0.592. The van der Waals surface area contributed by atoms with E-state index in [-0.39, 0.29) is 0 Å². The van der Waals surface area contributed by atoms with Crippen LogP contribution in [0.25, 0.3) is 111 Å². The minimum Gasteiger partial charge on any atom is -0.455 e. The van der Waals surface area contributed by atoms with E-state index in [1.807, 2.05) is 54.6 Å². The van der Waals surface area contributed by atoms with E-state index in [0.29, 0.717) is 17.5 Å². The summed E-state index contributed by atoms with van der Waals surface area (Å²) in [5, 5.41) is 9.48. The largest absolute Gasteiger partial charge is 0.455 e. The molecule has 0 amide bonds. The number of hydrogen-bond acceptors (Lipinski definition) is 4. The number of rotatable bonds is 5. The molecule has 0 saturated carbocycles. The van der Waals surface area contributed by atoms with Crippen LogP contribution < -0.4 is 0 Å². The van der Waals surface area contributed by atoms with Crippen molar-refractivity contribution in [2.24, 2.45) is 0 Å². The van der Waals surface area contributed by atoms with Crippen molar-refractivity contribution in [3.05, 3.63) is 188 Å². The predicted molar refractivity (Wildman–Crippen MR) is 227 cm³/mol. The van der Waals surface area contributed by atoms with Crippen LogP contribution in [0, 0.1) is 0 Å². The van der Waals surface area contributed by atoms with Gasteiger partial charge in [-0.15, -0.1) is 0 Å². The van der Waals surface area contributed by atoms with Crippen molar-refractivity contribution in [2.75, 3.05) is 0 Å². The first kappa shape index (κ1) is 31.1. The van der Waals surface area contributed by atoms with Gasteiger partial charge in [0.15, 0.2) is 17.5 Å². The Bertz CT molecular complexity index is 3220. The summed E-state index contributed by atoms with van der Waals surface area (Å²) >= 11 is 0. The van der Waals surface area contributed by atoms with Gasteiger partial charge in [0.2, 0.25) is 0 Å². The van der Waals surface area contributed by atoms with Crippen LogP contribution in [0.15, 0.2) is 192 Å². The highest BCUT2D eigenvalue weighted by Gasteiger charge is 2.21. The number of aromatic nitrogens is 3. The van der Waals surface area contributed by atoms with Crippen LogP contribution in [0.3, 0.4) is 0 Å². The van der Waals surface area contributed by atoms with Gasteiger partial charge < -0.3 is 4.42 Å². The molecule has 0 N–H and O–H groups in total. The van der Waals surface area contributed by atoms with Gasteiger partial charge in [0.25, 0.3) is 0 Å². The molecule has 9 aromatic carbocycles. The highest BCUT2D eigenvalue weighted by molar-refractivity contribution is 6.26. The Hall–Kier alpha value is -7.43. The van der Waals surface area contributed by atoms with E-state index in [0.717, 1.165) is 60.9 Å². The quantitative estimate of drug-likeness (QED) is 0.168. The zero-order chi connectivity index (χ0) is 36.3. The number of furan rings is 1. The van der Waals surface area contributed by atoms with Crippen molar-refractivity contribution in [2.45, 2.75) is 0 Å². The fourth-order valence-corrected chi connectivity index (χ4v) is 8.22. The average molecular weight is 702 g/mol. The van der Waals surface area contributed by atoms with Crippen LogP contribution in [0.1, 0.15) is 0 Å². The van der Waals surface area contributed by atoms with Crippen molar-refractivity contribution >= 4 is 54.3 Å². The Morgan fingerprint density at radius 2 is 0.782 bits per heavy atom. The fraction of sp³-hybridized carbons (Fsp3) is 0. The molecule has 0 saturated heterocycles. The Balaban J connectivity index is 1.13. The van der Waals surface area contributed by atoms with Gasteiger partial charge in [-0.1, -0.05) is 176 Å². The van der Waals surface area contributed by atoms with Crippen LogP contribution >= 0.6 is 0 Å². The molecule has 0 spiro atoms. The first-order valence-electron chi connectivity index (χ1n) is 18.5. The van der Waals surface area contributed by atoms with E-state index in [1.54, 1.807) is 0 Å². The number of nitrogens with zero attached hydrogens (tertiary/aromatic N) is 3. The summed E-state index contributed by atoms with van der Waals surface area (Å²) < 4.78 is 6.81. The van der Waals surface area contributed by atoms with Crippen molar-refractivity contribution in [1.29, 1.82) is 0 Å². The second kappa shape index (κ2) is 12.6. The minimum atomic E-state index is 0.592. The molecule has 4 nitrogen and oxygen atoms in total. The Labute approximate surface area is 317 Å². The lowest BCUT2D eigenvalue weighted by Crippen LogP contribution is -2.01. The first-order valence-corrected chi connectivity index (χ1v) is 18.5. The molecule has 0 aliphatic carbocycles. The summed E-state index contributed by atoms with van der Waals surface area (Å²) in [6.07, 6.45) is 0. The molecule has 0 unspecified atom stereocenters. The van der Waals surface area contributed by atoms with Crippen LogP contribution in [-0.4, -0.2) is 15.0 Å². The van der Waals surface area contributed by atoms with Gasteiger partial charge in [-0.25, -0.2) is 15.0 Å². The van der Waals surface area contributed by atoms with Crippen LogP contribution in [0.4, 0.5) is 0 Å². The smallest absolute Gasteiger partial charge is 0.164 e. The third kappa shape index (κ3) is 5.11. The molecule has 2 aromatic heterocycles. The molecule has 0 aliphatic rings. The molecule has 55 heavy (non-hydrogen) atoms. The Kier molecular flexibility index (Phi) is 7.14. The molecule has 11 aromatic rings. The predicted octanol–water partition coefficient (Wildman–Crippen LogP) is 13.6. The van der Waals surface area contributed by atoms with Crippen molar-refractivity contribution in [3.8, 4) is 56.4 Å². The highest BCUT2D eigenvalue weighted by Crippen LogP contribution is 2.43. The van der Waals surface area contributed by atoms with Gasteiger partial charge in [0.1, 0.15) is 11.2 Å². The van der Waals surface area contributed by atoms with E-state index in [1.165, 1.54) is 32.3 Å². The Morgan fingerprint density at radius 3 is 1.49 bits per heavy atom. The molecule has 4 heteroatoms. The summed E-state index contributed by atoms with van der Waals surface area (Å²) in [5.41, 5.74) is 8.68. The molecule has 0 atom stereocenters. The van der Waals surface area contributed by atoms with Gasteiger partial charge in [0.05, 0.1) is 0 Å². The lowest BCUT2D eigenvalue weighted by molar-refractivity contribution is 0.670. The standard InChI is InChI=1S/C51H31N3O/c1-3-15-32(16-4-1)35-19-7-12-24-42(35)50-52-49(33-17-5-2-6-18-33)53-51(54-50)44-27-14-28-46-47(44)43-26-13-25-36(48(43)55-46)34-29-30-41-39-22-9-8-20-37(39)38-21-10-11-23-40(38)45(41)31-34/h1-31H. The molecule has 256 valence electrons. The molecule has 0 bridgehead atoms. The second-order valence-corrected chi connectivity index (χ2v) is 13.9. The van der Waals surface area contributed by atoms with E-state index >= 15 is 0 Å². The third-order valence-corrected chi connectivity index (χ3v) is 10.7. The van der Waals surface area contributed by atoms with Gasteiger partial charge in [-0.3, -0.25) is 0 Å². The van der Waals surface area contributed by atoms with Crippen LogP contribution in [0.5, 0.6) is 0 Å². The van der Waals surface area contributed by atoms with Crippen LogP contribution in [-0.2, 0) is 0 Å². The molecular weight excluding hydrogens is 671 g/mol. The summed E-state index contributed by atoms with van der Waals surface area (Å²) in [4.78, 5) is 15.5. The summed E-state index contributed by atoms with van der Waals surface area (Å²) in [7, 11) is 0. The lowest BCUT2D eigenvalue weighted by Gasteiger charge is -2.12. The van der Waals surface area contributed by atoms with Gasteiger partial charge in [-0.2, -0.15) is 0 Å². The molecular formula is C51H31N3O. The monoisotopic (exact) mass is 701 g/mol. The van der Waals surface area contributed by atoms with Gasteiger partial charge in [-0.05, 0) is 61.1 Å². The lowest BCUT2D eigenvalue weighted by atomic mass is 9.91. The second-order valence-electron chi connectivity index (χ2n) is 13.9. The van der Waals surface area contributed by atoms with Crippen molar-refractivity contribution in [3.63, 3.8) is 0 Å². The van der Waals surface area contributed by atoms with E-state index in [4.69, 9.17) is 19.4 Å². The zero-order valence-electron chi connectivity index (χ0n) is 29.6. The molecule has 0 aliphatic heterocycles. The molecule has 11 rings (SSSR count). The molecule has 0 radical (unpaired) electrons. The third-order valence-electron chi connectivity index (χ3n) is 10.7. The normalized spacial score (nSPS) is 11.6. The topological polar surface area (TPSA) is 51.8 Å². The summed E-state index contributed by atoms with van der Waals surface area (Å²) in [6, 6.07) is 65.6. The average Bonchev–Trinajstić information content (AvgIpc) is 3.66. The highest BCUT2D eigenvalue weighted by atomic mass is 16.3. The van der Waals surface area contributed by atoms with Gasteiger partial charge in [0, 0.05) is 33.0 Å². The van der Waals surface area contributed by atoms with Crippen molar-refractivity contribution in [1.82, 2.24) is 15.0 Å². The van der Waals surface area contributed by atoms with E-state index in [9.17, 15) is 0 Å². The van der Waals surface area contributed by atoms with Gasteiger partial charge >= 0.3 is 0 Å². The number of fused-ring (bicyclic) bond motifs is 9. The first-order chi connectivity index (χ1) is 27.3. The maximum atomic E-state index is 6.81. The SMILES string of the molecule is c1ccc(-c2nc(-c3ccccc3-c3ccccc3)nc(-c3cccc4oc5c(-c6ccc7c8ccccc8c8ccccc8c7c6)cccc5c34)n2)cc1. The zero-order valence-corrected chi connectivity index (χ0v) is 29.6.